The van der Waals surface area contributed by atoms with Crippen molar-refractivity contribution in [2.24, 2.45) is 0 Å². The number of nitrogens with one attached hydrogen (secondary N) is 1. The van der Waals surface area contributed by atoms with Crippen molar-refractivity contribution in [3.8, 4) is 5.75 Å². The van der Waals surface area contributed by atoms with Crippen molar-refractivity contribution < 1.29 is 13.9 Å². The van der Waals surface area contributed by atoms with Gasteiger partial charge in [0.25, 0.3) is 5.91 Å². The maximum atomic E-state index is 12.2. The first-order chi connectivity index (χ1) is 10.7. The van der Waals surface area contributed by atoms with Crippen LogP contribution in [-0.2, 0) is 0 Å². The predicted molar refractivity (Wildman–Crippen MR) is 81.2 cm³/mol. The fourth-order valence-electron chi connectivity index (χ4n) is 2.01. The van der Waals surface area contributed by atoms with Gasteiger partial charge in [-0.15, -0.1) is 0 Å². The molecule has 0 saturated carbocycles. The molecule has 0 aliphatic heterocycles. The molecule has 3 aromatic rings. The highest BCUT2D eigenvalue weighted by Crippen LogP contribution is 2.20. The summed E-state index contributed by atoms with van der Waals surface area (Å²) in [5.74, 6) is 0.396. The minimum atomic E-state index is -0.703. The Labute approximate surface area is 125 Å². The SMILES string of the molecule is COc1ccc2oc(=O)c(C(=O)Nc3ccccn3)cc2c1. The summed E-state index contributed by atoms with van der Waals surface area (Å²) < 4.78 is 10.3. The molecule has 0 spiro atoms. The van der Waals surface area contributed by atoms with Crippen LogP contribution in [0.15, 0.2) is 57.9 Å². The van der Waals surface area contributed by atoms with E-state index in [1.54, 1.807) is 42.6 Å². The maximum absolute atomic E-state index is 12.2. The third-order valence-electron chi connectivity index (χ3n) is 3.09. The van der Waals surface area contributed by atoms with E-state index in [4.69, 9.17) is 9.15 Å². The second-order valence-corrected chi connectivity index (χ2v) is 4.52. The molecule has 2 heterocycles. The van der Waals surface area contributed by atoms with E-state index >= 15 is 0 Å². The Bertz CT molecular complexity index is 888. The number of anilines is 1. The van der Waals surface area contributed by atoms with E-state index in [0.717, 1.165) is 0 Å². The smallest absolute Gasteiger partial charge is 0.349 e. The van der Waals surface area contributed by atoms with Crippen molar-refractivity contribution in [1.82, 2.24) is 4.98 Å². The van der Waals surface area contributed by atoms with Crippen LogP contribution in [-0.4, -0.2) is 18.0 Å². The third kappa shape index (κ3) is 2.67. The Hall–Kier alpha value is -3.15. The van der Waals surface area contributed by atoms with Crippen LogP contribution in [0.1, 0.15) is 10.4 Å². The molecule has 1 aromatic carbocycles. The fraction of sp³-hybridized carbons (Fsp3) is 0.0625. The van der Waals surface area contributed by atoms with Crippen LogP contribution in [0.5, 0.6) is 5.75 Å². The molecule has 6 nitrogen and oxygen atoms in total. The van der Waals surface area contributed by atoms with Gasteiger partial charge in [-0.2, -0.15) is 0 Å². The first kappa shape index (κ1) is 13.8. The number of benzene rings is 1. The molecule has 2 aromatic heterocycles. The normalized spacial score (nSPS) is 10.4. The Kier molecular flexibility index (Phi) is 3.57. The minimum Gasteiger partial charge on any atom is -0.497 e. The molecular weight excluding hydrogens is 284 g/mol. The van der Waals surface area contributed by atoms with Gasteiger partial charge in [0.1, 0.15) is 22.7 Å². The molecule has 0 unspecified atom stereocenters. The summed E-state index contributed by atoms with van der Waals surface area (Å²) in [4.78, 5) is 28.1. The van der Waals surface area contributed by atoms with Crippen molar-refractivity contribution in [2.45, 2.75) is 0 Å². The third-order valence-corrected chi connectivity index (χ3v) is 3.09. The zero-order valence-electron chi connectivity index (χ0n) is 11.7. The number of nitrogens with zero attached hydrogens (tertiary/aromatic N) is 1. The number of hydrogen-bond donors (Lipinski definition) is 1. The average Bonchev–Trinajstić information content (AvgIpc) is 2.54. The second-order valence-electron chi connectivity index (χ2n) is 4.52. The lowest BCUT2D eigenvalue weighted by Crippen LogP contribution is -2.21. The van der Waals surface area contributed by atoms with Gasteiger partial charge in [-0.05, 0) is 36.4 Å². The highest BCUT2D eigenvalue weighted by atomic mass is 16.5. The number of amides is 1. The summed E-state index contributed by atoms with van der Waals surface area (Å²) in [7, 11) is 1.54. The van der Waals surface area contributed by atoms with Gasteiger partial charge < -0.3 is 14.5 Å². The van der Waals surface area contributed by atoms with E-state index in [2.05, 4.69) is 10.3 Å². The number of carbonyl (C=O) groups is 1. The standard InChI is InChI=1S/C16H12N2O4/c1-21-11-5-6-13-10(8-11)9-12(16(20)22-13)15(19)18-14-4-2-3-7-17-14/h2-9H,1H3,(H,17,18,19). The van der Waals surface area contributed by atoms with Crippen molar-refractivity contribution in [1.29, 1.82) is 0 Å². The number of carbonyl (C=O) groups excluding carboxylic acids is 1. The first-order valence-electron chi connectivity index (χ1n) is 6.51. The summed E-state index contributed by atoms with van der Waals surface area (Å²) >= 11 is 0. The van der Waals surface area contributed by atoms with Crippen molar-refractivity contribution in [2.75, 3.05) is 12.4 Å². The van der Waals surface area contributed by atoms with Gasteiger partial charge in [-0.3, -0.25) is 4.79 Å². The molecule has 0 fully saturated rings. The molecule has 6 heteroatoms. The van der Waals surface area contributed by atoms with Crippen LogP contribution in [0.2, 0.25) is 0 Å². The van der Waals surface area contributed by atoms with Gasteiger partial charge in [-0.25, -0.2) is 9.78 Å². The van der Waals surface area contributed by atoms with Crippen LogP contribution in [0.25, 0.3) is 11.0 Å². The zero-order chi connectivity index (χ0) is 15.5. The van der Waals surface area contributed by atoms with E-state index in [1.165, 1.54) is 13.2 Å². The highest BCUT2D eigenvalue weighted by molar-refractivity contribution is 6.05. The number of ether oxygens (including phenoxy) is 1. The quantitative estimate of drug-likeness (QED) is 0.751. The Balaban J connectivity index is 2.00. The Morgan fingerprint density at radius 3 is 2.82 bits per heavy atom. The largest absolute Gasteiger partial charge is 0.497 e. The average molecular weight is 296 g/mol. The molecule has 1 N–H and O–H groups in total. The molecule has 1 amide bonds. The number of hydrogen-bond acceptors (Lipinski definition) is 5. The lowest BCUT2D eigenvalue weighted by atomic mass is 10.1. The van der Waals surface area contributed by atoms with Crippen molar-refractivity contribution in [3.63, 3.8) is 0 Å². The van der Waals surface area contributed by atoms with E-state index in [-0.39, 0.29) is 5.56 Å². The fourth-order valence-corrected chi connectivity index (χ4v) is 2.01. The van der Waals surface area contributed by atoms with Crippen LogP contribution >= 0.6 is 0 Å². The highest BCUT2D eigenvalue weighted by Gasteiger charge is 2.14. The van der Waals surface area contributed by atoms with Gasteiger partial charge in [0.05, 0.1) is 7.11 Å². The van der Waals surface area contributed by atoms with E-state index in [0.29, 0.717) is 22.5 Å². The van der Waals surface area contributed by atoms with Crippen molar-refractivity contribution in [3.05, 3.63) is 64.6 Å². The zero-order valence-corrected chi connectivity index (χ0v) is 11.7. The lowest BCUT2D eigenvalue weighted by molar-refractivity contribution is 0.102. The predicted octanol–water partition coefficient (Wildman–Crippen LogP) is 2.45. The summed E-state index contributed by atoms with van der Waals surface area (Å²) in [6.07, 6.45) is 1.54. The van der Waals surface area contributed by atoms with Crippen molar-refractivity contribution >= 4 is 22.7 Å². The second kappa shape index (κ2) is 5.69. The maximum Gasteiger partial charge on any atom is 0.349 e. The summed E-state index contributed by atoms with van der Waals surface area (Å²) in [6, 6.07) is 11.6. The minimum absolute atomic E-state index is 0.0913. The van der Waals surface area contributed by atoms with Crippen LogP contribution in [0, 0.1) is 0 Å². The molecule has 0 bridgehead atoms. The van der Waals surface area contributed by atoms with Gasteiger partial charge in [0.2, 0.25) is 0 Å². The molecule has 0 aliphatic rings. The van der Waals surface area contributed by atoms with E-state index < -0.39 is 11.5 Å². The van der Waals surface area contributed by atoms with Crippen LogP contribution in [0.4, 0.5) is 5.82 Å². The molecule has 0 saturated heterocycles. The topological polar surface area (TPSA) is 81.4 Å². The molecule has 0 atom stereocenters. The van der Waals surface area contributed by atoms with Crippen LogP contribution in [0.3, 0.4) is 0 Å². The first-order valence-corrected chi connectivity index (χ1v) is 6.51. The molecule has 3 rings (SSSR count). The Morgan fingerprint density at radius 2 is 2.09 bits per heavy atom. The lowest BCUT2D eigenvalue weighted by Gasteiger charge is -2.05. The molecule has 110 valence electrons. The van der Waals surface area contributed by atoms with Gasteiger partial charge >= 0.3 is 5.63 Å². The number of rotatable bonds is 3. The molecule has 22 heavy (non-hydrogen) atoms. The molecule has 0 radical (unpaired) electrons. The van der Waals surface area contributed by atoms with E-state index in [1.807, 2.05) is 0 Å². The Morgan fingerprint density at radius 1 is 1.23 bits per heavy atom. The van der Waals surface area contributed by atoms with Crippen LogP contribution < -0.4 is 15.7 Å². The summed E-state index contributed by atoms with van der Waals surface area (Å²) in [5.41, 5.74) is -0.405. The number of fused-ring (bicyclic) bond motifs is 1. The van der Waals surface area contributed by atoms with Gasteiger partial charge in [0, 0.05) is 11.6 Å². The summed E-state index contributed by atoms with van der Waals surface area (Å²) in [6.45, 7) is 0. The number of aromatic nitrogens is 1. The van der Waals surface area contributed by atoms with Gasteiger partial charge in [0.15, 0.2) is 0 Å². The monoisotopic (exact) mass is 296 g/mol. The molecule has 0 aliphatic carbocycles. The van der Waals surface area contributed by atoms with Gasteiger partial charge in [-0.1, -0.05) is 6.07 Å². The number of pyridine rings is 1. The molecular formula is C16H12N2O4. The number of methoxy groups -OCH3 is 1. The van der Waals surface area contributed by atoms with E-state index in [9.17, 15) is 9.59 Å². The summed E-state index contributed by atoms with van der Waals surface area (Å²) in [5, 5.41) is 3.15.